The molecule has 1 fully saturated rings. The fraction of sp³-hybridized carbons (Fsp3) is 0.538. The zero-order chi connectivity index (χ0) is 14.1. The molecule has 7 nitrogen and oxygen atoms in total. The largest absolute Gasteiger partial charge is 0.486 e. The van der Waals surface area contributed by atoms with E-state index >= 15 is 0 Å². The van der Waals surface area contributed by atoms with Crippen LogP contribution in [0.2, 0.25) is 0 Å². The molecule has 1 aromatic rings. The maximum absolute atomic E-state index is 11.1. The van der Waals surface area contributed by atoms with Gasteiger partial charge in [0.2, 0.25) is 5.75 Å². The summed E-state index contributed by atoms with van der Waals surface area (Å²) in [4.78, 5) is 10.7. The molecule has 1 aromatic carbocycles. The monoisotopic (exact) mass is 280 g/mol. The summed E-state index contributed by atoms with van der Waals surface area (Å²) < 4.78 is 16.5. The Bertz CT molecular complexity index is 528. The van der Waals surface area contributed by atoms with Crippen molar-refractivity contribution in [2.45, 2.75) is 18.9 Å². The number of nitro groups is 1. The predicted octanol–water partition coefficient (Wildman–Crippen LogP) is 1.48. The molecule has 108 valence electrons. The van der Waals surface area contributed by atoms with Gasteiger partial charge in [0.25, 0.3) is 0 Å². The zero-order valence-electron chi connectivity index (χ0n) is 10.9. The summed E-state index contributed by atoms with van der Waals surface area (Å²) in [5, 5.41) is 11.1. The molecule has 0 spiro atoms. The van der Waals surface area contributed by atoms with Crippen LogP contribution in [0.15, 0.2) is 12.1 Å². The van der Waals surface area contributed by atoms with E-state index in [-0.39, 0.29) is 17.5 Å². The lowest BCUT2D eigenvalue weighted by Crippen LogP contribution is -2.37. The highest BCUT2D eigenvalue weighted by Gasteiger charge is 2.32. The van der Waals surface area contributed by atoms with E-state index in [0.29, 0.717) is 37.2 Å². The molecule has 7 heteroatoms. The molecule has 0 atom stereocenters. The number of hydrogen-bond donors (Lipinski definition) is 1. The second kappa shape index (κ2) is 5.16. The molecule has 0 amide bonds. The van der Waals surface area contributed by atoms with Crippen LogP contribution < -0.4 is 19.9 Å². The van der Waals surface area contributed by atoms with Gasteiger partial charge in [0.15, 0.2) is 11.5 Å². The number of ether oxygens (including phenoxy) is 3. The fourth-order valence-corrected chi connectivity index (χ4v) is 2.44. The minimum absolute atomic E-state index is 0.00944. The summed E-state index contributed by atoms with van der Waals surface area (Å²) >= 11 is 0. The zero-order valence-corrected chi connectivity index (χ0v) is 10.9. The van der Waals surface area contributed by atoms with Crippen LogP contribution in [0, 0.1) is 16.0 Å². The Labute approximate surface area is 115 Å². The summed E-state index contributed by atoms with van der Waals surface area (Å²) in [7, 11) is 0. The van der Waals surface area contributed by atoms with Gasteiger partial charge in [-0.1, -0.05) is 0 Å². The Morgan fingerprint density at radius 3 is 2.55 bits per heavy atom. The minimum atomic E-state index is -0.466. The Morgan fingerprint density at radius 2 is 1.95 bits per heavy atom. The van der Waals surface area contributed by atoms with Gasteiger partial charge in [0.1, 0.15) is 13.2 Å². The smallest absolute Gasteiger partial charge is 0.314 e. The Hall–Kier alpha value is -2.02. The molecule has 2 N–H and O–H groups in total. The second-order valence-electron chi connectivity index (χ2n) is 5.03. The number of rotatable bonds is 4. The molecule has 1 saturated carbocycles. The average Bonchev–Trinajstić information content (AvgIpc) is 2.41. The molecule has 0 radical (unpaired) electrons. The van der Waals surface area contributed by atoms with Crippen molar-refractivity contribution in [1.29, 1.82) is 0 Å². The Morgan fingerprint density at radius 1 is 1.30 bits per heavy atom. The second-order valence-corrected chi connectivity index (χ2v) is 5.03. The molecule has 0 aromatic heterocycles. The highest BCUT2D eigenvalue weighted by atomic mass is 16.6. The molecule has 1 heterocycles. The van der Waals surface area contributed by atoms with E-state index in [9.17, 15) is 10.1 Å². The van der Waals surface area contributed by atoms with Gasteiger partial charge < -0.3 is 19.9 Å². The molecule has 1 aliphatic carbocycles. The van der Waals surface area contributed by atoms with Gasteiger partial charge in [-0.05, 0) is 25.3 Å². The van der Waals surface area contributed by atoms with E-state index in [0.717, 1.165) is 12.8 Å². The summed E-state index contributed by atoms with van der Waals surface area (Å²) in [6.45, 7) is 1.46. The Balaban J connectivity index is 1.83. The van der Waals surface area contributed by atoms with Crippen LogP contribution in [-0.2, 0) is 0 Å². The molecular formula is C13H16N2O5. The van der Waals surface area contributed by atoms with Crippen molar-refractivity contribution in [3.05, 3.63) is 22.2 Å². The van der Waals surface area contributed by atoms with Crippen molar-refractivity contribution >= 4 is 5.69 Å². The van der Waals surface area contributed by atoms with Gasteiger partial charge >= 0.3 is 5.69 Å². The normalized spacial score (nSPS) is 23.9. The van der Waals surface area contributed by atoms with Crippen LogP contribution in [0.1, 0.15) is 12.8 Å². The van der Waals surface area contributed by atoms with Crippen LogP contribution in [0.25, 0.3) is 0 Å². The van der Waals surface area contributed by atoms with Gasteiger partial charge in [-0.3, -0.25) is 10.1 Å². The number of nitro benzene ring substituents is 1. The first-order valence-corrected chi connectivity index (χ1v) is 6.62. The highest BCUT2D eigenvalue weighted by Crippen LogP contribution is 2.42. The SMILES string of the molecule is NCC1CC(Oc2cc3c(cc2[N+](=O)[O-])OCCO3)C1. The third-order valence-electron chi connectivity index (χ3n) is 3.64. The van der Waals surface area contributed by atoms with Crippen LogP contribution in [-0.4, -0.2) is 30.8 Å². The molecule has 3 rings (SSSR count). The van der Waals surface area contributed by atoms with Crippen molar-refractivity contribution in [1.82, 2.24) is 0 Å². The fourth-order valence-electron chi connectivity index (χ4n) is 2.44. The van der Waals surface area contributed by atoms with Crippen molar-refractivity contribution in [3.8, 4) is 17.2 Å². The molecule has 2 aliphatic rings. The lowest BCUT2D eigenvalue weighted by atomic mass is 9.82. The van der Waals surface area contributed by atoms with E-state index in [1.165, 1.54) is 6.07 Å². The summed E-state index contributed by atoms with van der Waals surface area (Å²) in [5.74, 6) is 1.58. The van der Waals surface area contributed by atoms with Gasteiger partial charge in [0.05, 0.1) is 17.1 Å². The minimum Gasteiger partial charge on any atom is -0.486 e. The first-order chi connectivity index (χ1) is 9.67. The maximum atomic E-state index is 11.1. The topological polar surface area (TPSA) is 96.9 Å². The van der Waals surface area contributed by atoms with Gasteiger partial charge in [-0.25, -0.2) is 0 Å². The van der Waals surface area contributed by atoms with Crippen molar-refractivity contribution < 1.29 is 19.1 Å². The molecule has 1 aliphatic heterocycles. The van der Waals surface area contributed by atoms with E-state index in [1.54, 1.807) is 6.07 Å². The van der Waals surface area contributed by atoms with E-state index in [1.807, 2.05) is 0 Å². The van der Waals surface area contributed by atoms with Crippen molar-refractivity contribution in [2.75, 3.05) is 19.8 Å². The predicted molar refractivity (Wildman–Crippen MR) is 70.3 cm³/mol. The third kappa shape index (κ3) is 2.36. The van der Waals surface area contributed by atoms with E-state index in [4.69, 9.17) is 19.9 Å². The number of nitrogens with two attached hydrogens (primary N) is 1. The van der Waals surface area contributed by atoms with Crippen LogP contribution >= 0.6 is 0 Å². The summed E-state index contributed by atoms with van der Waals surface area (Å²) in [5.41, 5.74) is 5.47. The first kappa shape index (κ1) is 13.0. The summed E-state index contributed by atoms with van der Waals surface area (Å²) in [6, 6.07) is 2.91. The van der Waals surface area contributed by atoms with E-state index in [2.05, 4.69) is 0 Å². The molecule has 0 bridgehead atoms. The standard InChI is InChI=1S/C13H16N2O5/c14-7-8-3-9(4-8)20-11-6-13-12(18-1-2-19-13)5-10(11)15(16)17/h5-6,8-9H,1-4,7,14H2. The van der Waals surface area contributed by atoms with Gasteiger partial charge in [0, 0.05) is 6.07 Å². The average molecular weight is 280 g/mol. The van der Waals surface area contributed by atoms with Gasteiger partial charge in [-0.2, -0.15) is 0 Å². The Kier molecular flexibility index (Phi) is 3.35. The number of fused-ring (bicyclic) bond motifs is 1. The van der Waals surface area contributed by atoms with Crippen molar-refractivity contribution in [3.63, 3.8) is 0 Å². The molecule has 0 saturated heterocycles. The van der Waals surface area contributed by atoms with Crippen molar-refractivity contribution in [2.24, 2.45) is 11.7 Å². The first-order valence-electron chi connectivity index (χ1n) is 6.62. The molecule has 20 heavy (non-hydrogen) atoms. The lowest BCUT2D eigenvalue weighted by Gasteiger charge is -2.34. The third-order valence-corrected chi connectivity index (χ3v) is 3.64. The summed E-state index contributed by atoms with van der Waals surface area (Å²) in [6.07, 6.45) is 1.66. The quantitative estimate of drug-likeness (QED) is 0.662. The number of hydrogen-bond acceptors (Lipinski definition) is 6. The van der Waals surface area contributed by atoms with Crippen LogP contribution in [0.4, 0.5) is 5.69 Å². The van der Waals surface area contributed by atoms with Crippen LogP contribution in [0.5, 0.6) is 17.2 Å². The van der Waals surface area contributed by atoms with E-state index < -0.39 is 4.92 Å². The number of benzene rings is 1. The molecule has 0 unspecified atom stereocenters. The lowest BCUT2D eigenvalue weighted by molar-refractivity contribution is -0.386. The maximum Gasteiger partial charge on any atom is 0.314 e. The highest BCUT2D eigenvalue weighted by molar-refractivity contribution is 5.58. The van der Waals surface area contributed by atoms with Crippen LogP contribution in [0.3, 0.4) is 0 Å². The number of nitrogens with zero attached hydrogens (tertiary/aromatic N) is 1. The van der Waals surface area contributed by atoms with Gasteiger partial charge in [-0.15, -0.1) is 0 Å². The molecular weight excluding hydrogens is 264 g/mol.